The molecule has 5 unspecified atom stereocenters. The van der Waals surface area contributed by atoms with Gasteiger partial charge in [-0.1, -0.05) is 20.3 Å². The van der Waals surface area contributed by atoms with Gasteiger partial charge in [0.05, 0.1) is 6.04 Å². The van der Waals surface area contributed by atoms with Crippen LogP contribution in [0.2, 0.25) is 0 Å². The maximum atomic E-state index is 12.8. The van der Waals surface area contributed by atoms with Gasteiger partial charge < -0.3 is 37.6 Å². The standard InChI is InChI=1S/C20H37N5O7/c1-4-11(2)16(19(30)24-14(20(31)32)7-5-6-10-21)25-17(28)12(3)23-18(29)13(22)8-9-15(26)27/h11-14,16H,4-10,21-22H2,1-3H3,(H,23,29)(H,24,30)(H,25,28)(H,26,27)(H,31,32). The highest BCUT2D eigenvalue weighted by Gasteiger charge is 2.31. The van der Waals surface area contributed by atoms with E-state index in [0.717, 1.165) is 0 Å². The van der Waals surface area contributed by atoms with Gasteiger partial charge in [0.25, 0.3) is 0 Å². The summed E-state index contributed by atoms with van der Waals surface area (Å²) in [4.78, 5) is 59.4. The van der Waals surface area contributed by atoms with Crippen LogP contribution in [0.15, 0.2) is 0 Å². The number of carbonyl (C=O) groups is 5. The Morgan fingerprint density at radius 1 is 0.875 bits per heavy atom. The molecule has 0 heterocycles. The first-order valence-corrected chi connectivity index (χ1v) is 10.8. The summed E-state index contributed by atoms with van der Waals surface area (Å²) in [7, 11) is 0. The zero-order valence-corrected chi connectivity index (χ0v) is 18.9. The average molecular weight is 460 g/mol. The molecule has 0 aromatic carbocycles. The van der Waals surface area contributed by atoms with Gasteiger partial charge in [0.1, 0.15) is 18.1 Å². The number of hydrogen-bond donors (Lipinski definition) is 7. The molecule has 0 aromatic heterocycles. The Morgan fingerprint density at radius 2 is 1.50 bits per heavy atom. The first kappa shape index (κ1) is 29.3. The van der Waals surface area contributed by atoms with Gasteiger partial charge in [-0.15, -0.1) is 0 Å². The lowest BCUT2D eigenvalue weighted by molar-refractivity contribution is -0.143. The maximum Gasteiger partial charge on any atom is 0.326 e. The highest BCUT2D eigenvalue weighted by molar-refractivity contribution is 5.94. The maximum absolute atomic E-state index is 12.8. The highest BCUT2D eigenvalue weighted by atomic mass is 16.4. The molecule has 0 aliphatic heterocycles. The van der Waals surface area contributed by atoms with Gasteiger partial charge in [-0.2, -0.15) is 0 Å². The summed E-state index contributed by atoms with van der Waals surface area (Å²) in [6.07, 6.45) is 1.51. The lowest BCUT2D eigenvalue weighted by Crippen LogP contribution is -2.58. The molecule has 0 rings (SSSR count). The smallest absolute Gasteiger partial charge is 0.326 e. The van der Waals surface area contributed by atoms with E-state index in [9.17, 15) is 29.1 Å². The SMILES string of the molecule is CCC(C)C(NC(=O)C(C)NC(=O)C(N)CCC(=O)O)C(=O)NC(CCCCN)C(=O)O. The predicted molar refractivity (Wildman–Crippen MR) is 116 cm³/mol. The molecule has 5 atom stereocenters. The summed E-state index contributed by atoms with van der Waals surface area (Å²) in [5.41, 5.74) is 11.0. The van der Waals surface area contributed by atoms with E-state index in [2.05, 4.69) is 16.0 Å². The van der Waals surface area contributed by atoms with Crippen molar-refractivity contribution < 1.29 is 34.2 Å². The van der Waals surface area contributed by atoms with Crippen LogP contribution in [0.5, 0.6) is 0 Å². The summed E-state index contributed by atoms with van der Waals surface area (Å²) in [6.45, 7) is 5.37. The van der Waals surface area contributed by atoms with Crippen molar-refractivity contribution in [3.8, 4) is 0 Å². The molecule has 184 valence electrons. The van der Waals surface area contributed by atoms with Crippen LogP contribution in [0.3, 0.4) is 0 Å². The Hall–Kier alpha value is -2.73. The summed E-state index contributed by atoms with van der Waals surface area (Å²) >= 11 is 0. The first-order chi connectivity index (χ1) is 14.9. The lowest BCUT2D eigenvalue weighted by atomic mass is 9.97. The molecule has 0 spiro atoms. The third kappa shape index (κ3) is 11.0. The van der Waals surface area contributed by atoms with Crippen LogP contribution in [0.25, 0.3) is 0 Å². The zero-order valence-electron chi connectivity index (χ0n) is 18.9. The van der Waals surface area contributed by atoms with Crippen molar-refractivity contribution in [1.29, 1.82) is 0 Å². The molecule has 12 heteroatoms. The van der Waals surface area contributed by atoms with Gasteiger partial charge in [-0.25, -0.2) is 4.79 Å². The van der Waals surface area contributed by atoms with Crippen LogP contribution in [-0.2, 0) is 24.0 Å². The van der Waals surface area contributed by atoms with Crippen molar-refractivity contribution >= 4 is 29.7 Å². The fourth-order valence-corrected chi connectivity index (χ4v) is 2.79. The van der Waals surface area contributed by atoms with Crippen LogP contribution in [0, 0.1) is 5.92 Å². The molecule has 0 aliphatic carbocycles. The van der Waals surface area contributed by atoms with Crippen molar-refractivity contribution in [3.63, 3.8) is 0 Å². The number of aliphatic carboxylic acids is 2. The molecule has 32 heavy (non-hydrogen) atoms. The zero-order chi connectivity index (χ0) is 24.8. The number of carboxylic acids is 2. The molecule has 12 nitrogen and oxygen atoms in total. The minimum atomic E-state index is -1.18. The van der Waals surface area contributed by atoms with Crippen LogP contribution in [0.4, 0.5) is 0 Å². The third-order valence-corrected chi connectivity index (χ3v) is 5.11. The van der Waals surface area contributed by atoms with Gasteiger partial charge in [0.2, 0.25) is 17.7 Å². The molecular weight excluding hydrogens is 422 g/mol. The number of rotatable bonds is 16. The minimum absolute atomic E-state index is 0.0891. The van der Waals surface area contributed by atoms with E-state index in [0.29, 0.717) is 25.8 Å². The average Bonchev–Trinajstić information content (AvgIpc) is 2.73. The second kappa shape index (κ2) is 15.1. The van der Waals surface area contributed by atoms with E-state index in [1.54, 1.807) is 6.92 Å². The number of hydrogen-bond acceptors (Lipinski definition) is 7. The number of carboxylic acid groups (broad SMARTS) is 2. The molecular formula is C20H37N5O7. The summed E-state index contributed by atoms with van der Waals surface area (Å²) in [5.74, 6) is -4.56. The largest absolute Gasteiger partial charge is 0.481 e. The van der Waals surface area contributed by atoms with Gasteiger partial charge in [-0.05, 0) is 45.1 Å². The minimum Gasteiger partial charge on any atom is -0.481 e. The number of carbonyl (C=O) groups excluding carboxylic acids is 3. The molecule has 0 saturated carbocycles. The molecule has 0 aromatic rings. The van der Waals surface area contributed by atoms with E-state index in [1.807, 2.05) is 6.92 Å². The van der Waals surface area contributed by atoms with E-state index < -0.39 is 53.8 Å². The molecule has 0 radical (unpaired) electrons. The van der Waals surface area contributed by atoms with Crippen LogP contribution in [0.1, 0.15) is 59.3 Å². The van der Waals surface area contributed by atoms with Crippen molar-refractivity contribution in [1.82, 2.24) is 16.0 Å². The molecule has 3 amide bonds. The Labute approximate surface area is 187 Å². The Kier molecular flexibility index (Phi) is 13.8. The van der Waals surface area contributed by atoms with Crippen LogP contribution in [-0.4, -0.2) is 70.6 Å². The normalized spacial score (nSPS) is 15.5. The van der Waals surface area contributed by atoms with Crippen molar-refractivity contribution in [2.24, 2.45) is 17.4 Å². The van der Waals surface area contributed by atoms with E-state index in [4.69, 9.17) is 16.6 Å². The second-order valence-electron chi connectivity index (χ2n) is 7.82. The second-order valence-corrected chi connectivity index (χ2v) is 7.82. The fraction of sp³-hybridized carbons (Fsp3) is 0.750. The van der Waals surface area contributed by atoms with Gasteiger partial charge >= 0.3 is 11.9 Å². The summed E-state index contributed by atoms with van der Waals surface area (Å²) < 4.78 is 0. The Balaban J connectivity index is 5.07. The molecule has 0 saturated heterocycles. The molecule has 0 bridgehead atoms. The summed E-state index contributed by atoms with van der Waals surface area (Å²) in [5, 5.41) is 25.5. The van der Waals surface area contributed by atoms with Gasteiger partial charge in [0, 0.05) is 6.42 Å². The van der Waals surface area contributed by atoms with Crippen molar-refractivity contribution in [2.45, 2.75) is 83.5 Å². The monoisotopic (exact) mass is 459 g/mol. The molecule has 9 N–H and O–H groups in total. The third-order valence-electron chi connectivity index (χ3n) is 5.11. The van der Waals surface area contributed by atoms with Crippen molar-refractivity contribution in [2.75, 3.05) is 6.54 Å². The van der Waals surface area contributed by atoms with E-state index in [1.165, 1.54) is 6.92 Å². The molecule has 0 aliphatic rings. The Bertz CT molecular complexity index is 658. The number of nitrogens with two attached hydrogens (primary N) is 2. The topological polar surface area (TPSA) is 214 Å². The van der Waals surface area contributed by atoms with E-state index in [-0.39, 0.29) is 25.2 Å². The van der Waals surface area contributed by atoms with Crippen molar-refractivity contribution in [3.05, 3.63) is 0 Å². The number of amides is 3. The number of unbranched alkanes of at least 4 members (excludes halogenated alkanes) is 1. The van der Waals surface area contributed by atoms with Crippen LogP contribution < -0.4 is 27.4 Å². The lowest BCUT2D eigenvalue weighted by Gasteiger charge is -2.27. The van der Waals surface area contributed by atoms with Gasteiger partial charge in [-0.3, -0.25) is 19.2 Å². The van der Waals surface area contributed by atoms with E-state index >= 15 is 0 Å². The Morgan fingerprint density at radius 3 is 2.00 bits per heavy atom. The quantitative estimate of drug-likeness (QED) is 0.139. The summed E-state index contributed by atoms with van der Waals surface area (Å²) in [6, 6.07) is -4.26. The first-order valence-electron chi connectivity index (χ1n) is 10.8. The fourth-order valence-electron chi connectivity index (χ4n) is 2.79. The van der Waals surface area contributed by atoms with Gasteiger partial charge in [0.15, 0.2) is 0 Å². The number of nitrogens with one attached hydrogen (secondary N) is 3. The molecule has 0 fully saturated rings. The highest BCUT2D eigenvalue weighted by Crippen LogP contribution is 2.10. The van der Waals surface area contributed by atoms with Crippen LogP contribution >= 0.6 is 0 Å². The predicted octanol–water partition coefficient (Wildman–Crippen LogP) is -1.09.